The second kappa shape index (κ2) is 10.7. The number of imidazole rings is 1. The van der Waals surface area contributed by atoms with E-state index in [0.29, 0.717) is 13.1 Å². The third-order valence-corrected chi connectivity index (χ3v) is 3.29. The Morgan fingerprint density at radius 3 is 2.12 bits per heavy atom. The van der Waals surface area contributed by atoms with Crippen LogP contribution >= 0.6 is 0 Å². The van der Waals surface area contributed by atoms with Crippen LogP contribution in [0.25, 0.3) is 0 Å². The van der Waals surface area contributed by atoms with Crippen molar-refractivity contribution in [1.82, 2.24) is 20.2 Å². The fourth-order valence-electron chi connectivity index (χ4n) is 2.13. The number of carbonyl (C=O) groups excluding carboxylic acids is 2. The Labute approximate surface area is 144 Å². The van der Waals surface area contributed by atoms with Gasteiger partial charge >= 0.3 is 12.1 Å². The molecule has 0 unspecified atom stereocenters. The molecule has 0 radical (unpaired) electrons. The predicted octanol–water partition coefficient (Wildman–Crippen LogP) is 3.31. The van der Waals surface area contributed by atoms with Crippen molar-refractivity contribution >= 4 is 12.1 Å². The molecule has 0 aliphatic carbocycles. The molecule has 0 spiro atoms. The molecule has 0 aliphatic heterocycles. The number of hydrogen-bond donors (Lipinski definition) is 2. The molecular weight excluding hydrogens is 308 g/mol. The zero-order chi connectivity index (χ0) is 17.8. The Morgan fingerprint density at radius 1 is 1.00 bits per heavy atom. The van der Waals surface area contributed by atoms with Gasteiger partial charge in [-0.1, -0.05) is 25.7 Å². The highest BCUT2D eigenvalue weighted by atomic mass is 16.6. The van der Waals surface area contributed by atoms with Crippen molar-refractivity contribution in [2.45, 2.75) is 64.9 Å². The van der Waals surface area contributed by atoms with Gasteiger partial charge in [-0.3, -0.25) is 4.57 Å². The lowest BCUT2D eigenvalue weighted by Crippen LogP contribution is -2.32. The first-order valence-electron chi connectivity index (χ1n) is 8.61. The van der Waals surface area contributed by atoms with Gasteiger partial charge in [0, 0.05) is 25.5 Å². The maximum atomic E-state index is 11.6. The van der Waals surface area contributed by atoms with Gasteiger partial charge in [0.2, 0.25) is 0 Å². The summed E-state index contributed by atoms with van der Waals surface area (Å²) < 4.78 is 6.59. The molecular formula is C17H30N4O3. The van der Waals surface area contributed by atoms with Crippen molar-refractivity contribution in [2.75, 3.05) is 13.1 Å². The number of nitrogens with one attached hydrogen (secondary N) is 2. The lowest BCUT2D eigenvalue weighted by molar-refractivity contribution is 0.0527. The summed E-state index contributed by atoms with van der Waals surface area (Å²) in [4.78, 5) is 26.9. The highest BCUT2D eigenvalue weighted by Crippen LogP contribution is 2.07. The van der Waals surface area contributed by atoms with Crippen molar-refractivity contribution in [3.8, 4) is 0 Å². The zero-order valence-corrected chi connectivity index (χ0v) is 15.0. The van der Waals surface area contributed by atoms with Gasteiger partial charge < -0.3 is 15.4 Å². The van der Waals surface area contributed by atoms with Gasteiger partial charge in [-0.25, -0.2) is 14.6 Å². The third-order valence-electron chi connectivity index (χ3n) is 3.29. The molecule has 0 aliphatic rings. The summed E-state index contributed by atoms with van der Waals surface area (Å²) in [5, 5.41) is 5.61. The molecule has 2 N–H and O–H groups in total. The smallest absolute Gasteiger partial charge is 0.407 e. The second-order valence-corrected chi connectivity index (χ2v) is 6.75. The quantitative estimate of drug-likeness (QED) is 0.677. The van der Waals surface area contributed by atoms with E-state index in [1.54, 1.807) is 12.4 Å². The lowest BCUT2D eigenvalue weighted by Gasteiger charge is -2.19. The average molecular weight is 338 g/mol. The first kappa shape index (κ1) is 20.0. The standard InChI is InChI=1S/C17H30N4O3/c1-17(2,3)24-16(23)20-11-9-7-5-4-6-8-10-19-15(22)21-13-12-18-14-21/h12-14H,4-11H2,1-3H3,(H,19,22)(H,20,23). The molecule has 0 saturated carbocycles. The van der Waals surface area contributed by atoms with Gasteiger partial charge in [0.15, 0.2) is 0 Å². The van der Waals surface area contributed by atoms with Crippen LogP contribution in [0, 0.1) is 0 Å². The minimum atomic E-state index is -0.447. The van der Waals surface area contributed by atoms with Crippen LogP contribution in [0.3, 0.4) is 0 Å². The van der Waals surface area contributed by atoms with Crippen LogP contribution in [-0.4, -0.2) is 40.4 Å². The zero-order valence-electron chi connectivity index (χ0n) is 15.0. The van der Waals surface area contributed by atoms with Crippen LogP contribution in [0.5, 0.6) is 0 Å². The number of rotatable bonds is 9. The lowest BCUT2D eigenvalue weighted by atomic mass is 10.1. The van der Waals surface area contributed by atoms with Crippen molar-refractivity contribution < 1.29 is 14.3 Å². The van der Waals surface area contributed by atoms with Crippen LogP contribution in [0.1, 0.15) is 59.3 Å². The Kier molecular flexibility index (Phi) is 8.89. The Bertz CT molecular complexity index is 481. The summed E-state index contributed by atoms with van der Waals surface area (Å²) >= 11 is 0. The fraction of sp³-hybridized carbons (Fsp3) is 0.706. The number of carbonyl (C=O) groups is 2. The van der Waals surface area contributed by atoms with Crippen LogP contribution in [0.15, 0.2) is 18.7 Å². The minimum absolute atomic E-state index is 0.138. The van der Waals surface area contributed by atoms with Crippen LogP contribution in [-0.2, 0) is 4.74 Å². The largest absolute Gasteiger partial charge is 0.444 e. The number of hydrogen-bond acceptors (Lipinski definition) is 4. The van der Waals surface area contributed by atoms with E-state index in [0.717, 1.165) is 38.5 Å². The molecule has 24 heavy (non-hydrogen) atoms. The monoisotopic (exact) mass is 338 g/mol. The maximum absolute atomic E-state index is 11.6. The number of amides is 2. The van der Waals surface area contributed by atoms with Gasteiger partial charge in [-0.15, -0.1) is 0 Å². The molecule has 1 rings (SSSR count). The molecule has 7 heteroatoms. The van der Waals surface area contributed by atoms with Crippen LogP contribution in [0.2, 0.25) is 0 Å². The number of nitrogens with zero attached hydrogens (tertiary/aromatic N) is 2. The fourth-order valence-corrected chi connectivity index (χ4v) is 2.13. The number of unbranched alkanes of at least 4 members (excludes halogenated alkanes) is 5. The van der Waals surface area contributed by atoms with E-state index in [1.807, 2.05) is 20.8 Å². The number of alkyl carbamates (subject to hydrolysis) is 1. The van der Waals surface area contributed by atoms with E-state index >= 15 is 0 Å². The van der Waals surface area contributed by atoms with E-state index in [9.17, 15) is 9.59 Å². The molecule has 136 valence electrons. The van der Waals surface area contributed by atoms with Gasteiger partial charge in [-0.05, 0) is 33.6 Å². The number of aromatic nitrogens is 2. The molecule has 2 amide bonds. The molecule has 1 heterocycles. The van der Waals surface area contributed by atoms with Crippen molar-refractivity contribution in [2.24, 2.45) is 0 Å². The van der Waals surface area contributed by atoms with Gasteiger partial charge in [-0.2, -0.15) is 0 Å². The number of ether oxygens (including phenoxy) is 1. The van der Waals surface area contributed by atoms with Gasteiger partial charge in [0.05, 0.1) is 0 Å². The molecule has 1 aromatic rings. The van der Waals surface area contributed by atoms with Crippen molar-refractivity contribution in [1.29, 1.82) is 0 Å². The molecule has 0 atom stereocenters. The highest BCUT2D eigenvalue weighted by Gasteiger charge is 2.15. The first-order valence-corrected chi connectivity index (χ1v) is 8.61. The van der Waals surface area contributed by atoms with Crippen molar-refractivity contribution in [3.05, 3.63) is 18.7 Å². The molecule has 7 nitrogen and oxygen atoms in total. The Hall–Kier alpha value is -2.05. The summed E-state index contributed by atoms with van der Waals surface area (Å²) in [5.74, 6) is 0. The summed E-state index contributed by atoms with van der Waals surface area (Å²) in [6, 6.07) is -0.138. The summed E-state index contributed by atoms with van der Waals surface area (Å²) in [6.45, 7) is 6.88. The van der Waals surface area contributed by atoms with E-state index < -0.39 is 5.60 Å². The second-order valence-electron chi connectivity index (χ2n) is 6.75. The molecule has 1 aromatic heterocycles. The summed E-state index contributed by atoms with van der Waals surface area (Å²) in [7, 11) is 0. The first-order chi connectivity index (χ1) is 11.4. The van der Waals surface area contributed by atoms with Gasteiger partial charge in [0.1, 0.15) is 11.9 Å². The average Bonchev–Trinajstić information content (AvgIpc) is 3.01. The van der Waals surface area contributed by atoms with E-state index in [1.165, 1.54) is 10.9 Å². The topological polar surface area (TPSA) is 85.3 Å². The van der Waals surface area contributed by atoms with Crippen LogP contribution in [0.4, 0.5) is 9.59 Å². The van der Waals surface area contributed by atoms with Gasteiger partial charge in [0.25, 0.3) is 0 Å². The SMILES string of the molecule is CC(C)(C)OC(=O)NCCCCCCCCNC(=O)n1ccnc1. The third kappa shape index (κ3) is 9.86. The molecule has 0 aromatic carbocycles. The normalized spacial score (nSPS) is 11.1. The van der Waals surface area contributed by atoms with E-state index in [2.05, 4.69) is 15.6 Å². The highest BCUT2D eigenvalue weighted by molar-refractivity contribution is 5.76. The van der Waals surface area contributed by atoms with Crippen LogP contribution < -0.4 is 10.6 Å². The molecule has 0 fully saturated rings. The minimum Gasteiger partial charge on any atom is -0.444 e. The van der Waals surface area contributed by atoms with E-state index in [-0.39, 0.29) is 12.1 Å². The molecule has 0 saturated heterocycles. The molecule has 0 bridgehead atoms. The summed E-state index contributed by atoms with van der Waals surface area (Å²) in [5.41, 5.74) is -0.447. The maximum Gasteiger partial charge on any atom is 0.407 e. The van der Waals surface area contributed by atoms with Crippen molar-refractivity contribution in [3.63, 3.8) is 0 Å². The summed E-state index contributed by atoms with van der Waals surface area (Å²) in [6.07, 6.45) is 10.7. The predicted molar refractivity (Wildman–Crippen MR) is 93.0 cm³/mol. The Balaban J connectivity index is 1.87. The Morgan fingerprint density at radius 2 is 1.58 bits per heavy atom. The van der Waals surface area contributed by atoms with E-state index in [4.69, 9.17) is 4.74 Å².